The highest BCUT2D eigenvalue weighted by Crippen LogP contribution is 2.34. The van der Waals surface area contributed by atoms with Crippen molar-refractivity contribution in [3.63, 3.8) is 0 Å². The predicted molar refractivity (Wildman–Crippen MR) is 84.8 cm³/mol. The molecule has 4 nitrogen and oxygen atoms in total. The number of ether oxygens (including phenoxy) is 1. The molecule has 0 spiro atoms. The first-order chi connectivity index (χ1) is 10.2. The number of thiophene rings is 1. The van der Waals surface area contributed by atoms with Gasteiger partial charge in [-0.25, -0.2) is 0 Å². The number of likely N-dealkylation sites (tertiary alicyclic amines) is 1. The third-order valence-electron chi connectivity index (χ3n) is 4.59. The number of nitrogens with zero attached hydrogens (tertiary/aromatic N) is 1. The topological polar surface area (TPSA) is 41.6 Å². The Morgan fingerprint density at radius 3 is 2.90 bits per heavy atom. The number of amides is 1. The first-order valence-electron chi connectivity index (χ1n) is 7.90. The maximum atomic E-state index is 12.3. The molecule has 1 N–H and O–H groups in total. The normalized spacial score (nSPS) is 24.3. The Balaban J connectivity index is 1.54. The lowest BCUT2D eigenvalue weighted by Gasteiger charge is -2.22. The monoisotopic (exact) mass is 308 g/mol. The Bertz CT molecular complexity index is 482. The summed E-state index contributed by atoms with van der Waals surface area (Å²) in [6, 6.07) is 4.61. The van der Waals surface area contributed by atoms with E-state index in [9.17, 15) is 4.79 Å². The van der Waals surface area contributed by atoms with Gasteiger partial charge in [-0.2, -0.15) is 0 Å². The fourth-order valence-electron chi connectivity index (χ4n) is 3.20. The van der Waals surface area contributed by atoms with Crippen molar-refractivity contribution in [1.29, 1.82) is 0 Å². The van der Waals surface area contributed by atoms with E-state index in [-0.39, 0.29) is 5.91 Å². The summed E-state index contributed by atoms with van der Waals surface area (Å²) in [4.78, 5) is 16.8. The molecule has 3 rings (SSSR count). The highest BCUT2D eigenvalue weighted by Gasteiger charge is 2.25. The Hall–Kier alpha value is -0.910. The predicted octanol–water partition coefficient (Wildman–Crippen LogP) is 2.67. The maximum Gasteiger partial charge on any atom is 0.261 e. The highest BCUT2D eigenvalue weighted by atomic mass is 32.1. The minimum Gasteiger partial charge on any atom is -0.381 e. The van der Waals surface area contributed by atoms with Gasteiger partial charge in [0.25, 0.3) is 5.91 Å². The zero-order chi connectivity index (χ0) is 14.7. The Morgan fingerprint density at radius 2 is 2.19 bits per heavy atom. The number of nitrogens with one attached hydrogen (secondary N) is 1. The average molecular weight is 308 g/mol. The average Bonchev–Trinajstić information content (AvgIpc) is 3.14. The van der Waals surface area contributed by atoms with Crippen LogP contribution in [-0.4, -0.2) is 44.2 Å². The van der Waals surface area contributed by atoms with Crippen molar-refractivity contribution in [2.45, 2.75) is 31.7 Å². The molecule has 1 aromatic heterocycles. The molecule has 1 amide bonds. The highest BCUT2D eigenvalue weighted by molar-refractivity contribution is 7.14. The van der Waals surface area contributed by atoms with Gasteiger partial charge in [-0.05, 0) is 57.3 Å². The molecule has 0 aliphatic carbocycles. The number of rotatable bonds is 4. The number of carbonyl (C=O) groups is 1. The largest absolute Gasteiger partial charge is 0.381 e. The number of hydrogen-bond donors (Lipinski definition) is 1. The Morgan fingerprint density at radius 1 is 1.38 bits per heavy atom. The van der Waals surface area contributed by atoms with Gasteiger partial charge in [0.15, 0.2) is 0 Å². The van der Waals surface area contributed by atoms with E-state index >= 15 is 0 Å². The van der Waals surface area contributed by atoms with Gasteiger partial charge in [0, 0.05) is 30.7 Å². The van der Waals surface area contributed by atoms with Gasteiger partial charge in [0.05, 0.1) is 4.88 Å². The summed E-state index contributed by atoms with van der Waals surface area (Å²) in [7, 11) is 2.17. The maximum absolute atomic E-state index is 12.3. The molecule has 0 aromatic carbocycles. The molecule has 0 bridgehead atoms. The van der Waals surface area contributed by atoms with Crippen molar-refractivity contribution in [2.24, 2.45) is 5.92 Å². The van der Waals surface area contributed by atoms with E-state index in [0.717, 1.165) is 44.0 Å². The molecule has 2 saturated heterocycles. The second kappa shape index (κ2) is 6.90. The van der Waals surface area contributed by atoms with Crippen LogP contribution in [0.25, 0.3) is 0 Å². The van der Waals surface area contributed by atoms with E-state index in [1.807, 2.05) is 6.07 Å². The van der Waals surface area contributed by atoms with Crippen molar-refractivity contribution in [1.82, 2.24) is 10.2 Å². The second-order valence-electron chi connectivity index (χ2n) is 6.11. The molecular weight excluding hydrogens is 284 g/mol. The zero-order valence-corrected chi connectivity index (χ0v) is 13.5. The van der Waals surface area contributed by atoms with Crippen LogP contribution in [-0.2, 0) is 4.74 Å². The Kier molecular flexibility index (Phi) is 4.93. The molecule has 1 unspecified atom stereocenters. The third kappa shape index (κ3) is 3.65. The SMILES string of the molecule is CN1CCCC1c1ccc(C(=O)NCC2CCOCC2)s1. The first-order valence-corrected chi connectivity index (χ1v) is 8.71. The molecule has 2 fully saturated rings. The summed E-state index contributed by atoms with van der Waals surface area (Å²) < 4.78 is 5.35. The minimum atomic E-state index is 0.0818. The second-order valence-corrected chi connectivity index (χ2v) is 7.22. The van der Waals surface area contributed by atoms with Gasteiger partial charge in [-0.15, -0.1) is 11.3 Å². The summed E-state index contributed by atoms with van der Waals surface area (Å²) in [5.74, 6) is 0.654. The van der Waals surface area contributed by atoms with Crippen molar-refractivity contribution >= 4 is 17.2 Å². The van der Waals surface area contributed by atoms with E-state index in [2.05, 4.69) is 23.3 Å². The van der Waals surface area contributed by atoms with Crippen LogP contribution in [0, 0.1) is 5.92 Å². The van der Waals surface area contributed by atoms with Gasteiger partial charge < -0.3 is 10.1 Å². The molecule has 5 heteroatoms. The molecule has 2 aliphatic heterocycles. The van der Waals surface area contributed by atoms with Crippen molar-refractivity contribution in [2.75, 3.05) is 33.4 Å². The van der Waals surface area contributed by atoms with Gasteiger partial charge >= 0.3 is 0 Å². The molecular formula is C16H24N2O2S. The summed E-state index contributed by atoms with van der Waals surface area (Å²) in [5.41, 5.74) is 0. The molecule has 1 aromatic rings. The molecule has 1 atom stereocenters. The fourth-order valence-corrected chi connectivity index (χ4v) is 4.32. The minimum absolute atomic E-state index is 0.0818. The van der Waals surface area contributed by atoms with Crippen LogP contribution < -0.4 is 5.32 Å². The smallest absolute Gasteiger partial charge is 0.261 e. The fraction of sp³-hybridized carbons (Fsp3) is 0.688. The van der Waals surface area contributed by atoms with E-state index in [1.165, 1.54) is 17.7 Å². The molecule has 21 heavy (non-hydrogen) atoms. The summed E-state index contributed by atoms with van der Waals surface area (Å²) >= 11 is 1.65. The Labute approximate surface area is 130 Å². The number of carbonyl (C=O) groups excluding carboxylic acids is 1. The molecule has 0 saturated carbocycles. The molecule has 0 radical (unpaired) electrons. The molecule has 2 aliphatic rings. The molecule has 3 heterocycles. The van der Waals surface area contributed by atoms with E-state index in [4.69, 9.17) is 4.74 Å². The van der Waals surface area contributed by atoms with Crippen molar-refractivity contribution in [3.05, 3.63) is 21.9 Å². The van der Waals surface area contributed by atoms with E-state index in [1.54, 1.807) is 11.3 Å². The van der Waals surface area contributed by atoms with Crippen LogP contribution in [0.1, 0.15) is 46.3 Å². The number of hydrogen-bond acceptors (Lipinski definition) is 4. The quantitative estimate of drug-likeness (QED) is 0.930. The third-order valence-corrected chi connectivity index (χ3v) is 5.78. The van der Waals surface area contributed by atoms with Gasteiger partial charge in [0.2, 0.25) is 0 Å². The van der Waals surface area contributed by atoms with Gasteiger partial charge in [0.1, 0.15) is 0 Å². The summed E-state index contributed by atoms with van der Waals surface area (Å²) in [6.07, 6.45) is 4.58. The van der Waals surface area contributed by atoms with E-state index in [0.29, 0.717) is 12.0 Å². The van der Waals surface area contributed by atoms with Crippen LogP contribution >= 0.6 is 11.3 Å². The van der Waals surface area contributed by atoms with Gasteiger partial charge in [-0.1, -0.05) is 0 Å². The van der Waals surface area contributed by atoms with Crippen LogP contribution in [0.5, 0.6) is 0 Å². The lowest BCUT2D eigenvalue weighted by molar-refractivity contribution is 0.0643. The first kappa shape index (κ1) is 15.0. The lowest BCUT2D eigenvalue weighted by Crippen LogP contribution is -2.31. The van der Waals surface area contributed by atoms with Crippen LogP contribution in [0.4, 0.5) is 0 Å². The lowest BCUT2D eigenvalue weighted by atomic mass is 10.0. The van der Waals surface area contributed by atoms with Crippen LogP contribution in [0.2, 0.25) is 0 Å². The standard InChI is InChI=1S/C16H24N2O2S/c1-18-8-2-3-13(18)14-4-5-15(21-14)16(19)17-11-12-6-9-20-10-7-12/h4-5,12-13H,2-3,6-11H2,1H3,(H,17,19). The van der Waals surface area contributed by atoms with E-state index < -0.39 is 0 Å². The van der Waals surface area contributed by atoms with Crippen LogP contribution in [0.15, 0.2) is 12.1 Å². The van der Waals surface area contributed by atoms with Crippen LogP contribution in [0.3, 0.4) is 0 Å². The summed E-state index contributed by atoms with van der Waals surface area (Å²) in [6.45, 7) is 3.60. The van der Waals surface area contributed by atoms with Crippen molar-refractivity contribution in [3.8, 4) is 0 Å². The van der Waals surface area contributed by atoms with Crippen molar-refractivity contribution < 1.29 is 9.53 Å². The van der Waals surface area contributed by atoms with Gasteiger partial charge in [-0.3, -0.25) is 9.69 Å². The summed E-state index contributed by atoms with van der Waals surface area (Å²) in [5, 5.41) is 3.09. The zero-order valence-electron chi connectivity index (χ0n) is 12.6. The molecule has 116 valence electrons.